The summed E-state index contributed by atoms with van der Waals surface area (Å²) in [7, 11) is 0. The number of rotatable bonds is 6. The molecule has 0 aliphatic rings. The molecule has 2 nitrogen and oxygen atoms in total. The van der Waals surface area contributed by atoms with Gasteiger partial charge in [-0.2, -0.15) is 0 Å². The van der Waals surface area contributed by atoms with Gasteiger partial charge in [0.05, 0.1) is 6.04 Å². The zero-order valence-corrected chi connectivity index (χ0v) is 13.3. The highest BCUT2D eigenvalue weighted by molar-refractivity contribution is 6.06. The van der Waals surface area contributed by atoms with Crippen LogP contribution in [0.3, 0.4) is 0 Å². The third-order valence-corrected chi connectivity index (χ3v) is 3.74. The Hall–Kier alpha value is -2.35. The predicted molar refractivity (Wildman–Crippen MR) is 93.3 cm³/mol. The molecular weight excluding hydrogens is 270 g/mol. The Morgan fingerprint density at radius 1 is 1.14 bits per heavy atom. The Balaban J connectivity index is 2.42. The van der Waals surface area contributed by atoms with Crippen molar-refractivity contribution in [2.24, 2.45) is 0 Å². The van der Waals surface area contributed by atoms with E-state index in [-0.39, 0.29) is 11.9 Å². The number of anilines is 1. The minimum absolute atomic E-state index is 0.000382. The fourth-order valence-corrected chi connectivity index (χ4v) is 2.53. The van der Waals surface area contributed by atoms with Crippen LogP contribution in [-0.2, 0) is 0 Å². The number of amides is 1. The van der Waals surface area contributed by atoms with Gasteiger partial charge in [0, 0.05) is 11.3 Å². The molecule has 2 rings (SSSR count). The second kappa shape index (κ2) is 7.60. The fraction of sp³-hybridized carbons (Fsp3) is 0.250. The summed E-state index contributed by atoms with van der Waals surface area (Å²) < 4.78 is 0. The van der Waals surface area contributed by atoms with E-state index in [4.69, 9.17) is 0 Å². The quantitative estimate of drug-likeness (QED) is 0.687. The van der Waals surface area contributed by atoms with Gasteiger partial charge >= 0.3 is 0 Å². The first-order valence-corrected chi connectivity index (χ1v) is 7.75. The Morgan fingerprint density at radius 3 is 2.32 bits per heavy atom. The number of nitrogens with zero attached hydrogens (tertiary/aromatic N) is 1. The largest absolute Gasteiger partial charge is 0.302 e. The molecular formula is C20H23NO. The summed E-state index contributed by atoms with van der Waals surface area (Å²) in [6, 6.07) is 17.5. The van der Waals surface area contributed by atoms with E-state index in [1.807, 2.05) is 72.5 Å². The first-order chi connectivity index (χ1) is 10.7. The molecule has 0 saturated heterocycles. The zero-order valence-electron chi connectivity index (χ0n) is 13.3. The van der Waals surface area contributed by atoms with Crippen molar-refractivity contribution in [1.82, 2.24) is 0 Å². The molecule has 0 spiro atoms. The van der Waals surface area contributed by atoms with Gasteiger partial charge in [-0.1, -0.05) is 55.3 Å². The van der Waals surface area contributed by atoms with E-state index in [0.29, 0.717) is 5.56 Å². The molecule has 0 aliphatic heterocycles. The molecule has 0 aliphatic carbocycles. The molecule has 2 heteroatoms. The van der Waals surface area contributed by atoms with Crippen LogP contribution in [0.5, 0.6) is 0 Å². The van der Waals surface area contributed by atoms with Crippen LogP contribution < -0.4 is 4.90 Å². The van der Waals surface area contributed by atoms with E-state index in [1.54, 1.807) is 0 Å². The summed E-state index contributed by atoms with van der Waals surface area (Å²) in [5, 5.41) is 0. The van der Waals surface area contributed by atoms with Gasteiger partial charge < -0.3 is 4.90 Å². The molecule has 2 aromatic rings. The number of aryl methyl sites for hydroxylation is 1. The molecule has 0 bridgehead atoms. The molecule has 0 heterocycles. The lowest BCUT2D eigenvalue weighted by Crippen LogP contribution is -2.39. The van der Waals surface area contributed by atoms with Crippen molar-refractivity contribution in [2.75, 3.05) is 4.90 Å². The van der Waals surface area contributed by atoms with Crippen LogP contribution in [0.4, 0.5) is 5.69 Å². The third-order valence-electron chi connectivity index (χ3n) is 3.74. The maximum Gasteiger partial charge on any atom is 0.258 e. The standard InChI is InChI=1S/C20H23NO/c1-4-9-18(5-2)21(19-14-12-16(3)13-15-19)20(22)17-10-7-6-8-11-17/h5-8,10-15,18H,2,4,9H2,1,3H3/t18-/m1/s1. The van der Waals surface area contributed by atoms with Crippen molar-refractivity contribution in [1.29, 1.82) is 0 Å². The monoisotopic (exact) mass is 293 g/mol. The molecule has 2 aromatic carbocycles. The summed E-state index contributed by atoms with van der Waals surface area (Å²) >= 11 is 0. The van der Waals surface area contributed by atoms with Crippen molar-refractivity contribution in [3.63, 3.8) is 0 Å². The molecule has 114 valence electrons. The van der Waals surface area contributed by atoms with Crippen LogP contribution in [0.2, 0.25) is 0 Å². The lowest BCUT2D eigenvalue weighted by molar-refractivity contribution is 0.0980. The van der Waals surface area contributed by atoms with E-state index in [1.165, 1.54) is 5.56 Å². The van der Waals surface area contributed by atoms with Crippen molar-refractivity contribution < 1.29 is 4.79 Å². The summed E-state index contributed by atoms with van der Waals surface area (Å²) in [6.07, 6.45) is 3.77. The smallest absolute Gasteiger partial charge is 0.258 e. The summed E-state index contributed by atoms with van der Waals surface area (Å²) in [5.41, 5.74) is 2.80. The molecule has 22 heavy (non-hydrogen) atoms. The second-order valence-electron chi connectivity index (χ2n) is 5.47. The minimum atomic E-state index is 0.000382. The maximum atomic E-state index is 13.0. The Kier molecular flexibility index (Phi) is 5.54. The number of hydrogen-bond acceptors (Lipinski definition) is 1. The van der Waals surface area contributed by atoms with E-state index in [0.717, 1.165) is 18.5 Å². The lowest BCUT2D eigenvalue weighted by Gasteiger charge is -2.30. The molecule has 1 atom stereocenters. The van der Waals surface area contributed by atoms with Gasteiger partial charge in [-0.15, -0.1) is 6.58 Å². The third kappa shape index (κ3) is 3.64. The van der Waals surface area contributed by atoms with Gasteiger partial charge in [0.1, 0.15) is 0 Å². The first kappa shape index (κ1) is 16.0. The minimum Gasteiger partial charge on any atom is -0.302 e. The Morgan fingerprint density at radius 2 is 1.77 bits per heavy atom. The molecule has 0 unspecified atom stereocenters. The van der Waals surface area contributed by atoms with Crippen LogP contribution >= 0.6 is 0 Å². The van der Waals surface area contributed by atoms with Crippen LogP contribution in [-0.4, -0.2) is 11.9 Å². The molecule has 0 radical (unpaired) electrons. The molecule has 0 fully saturated rings. The van der Waals surface area contributed by atoms with Crippen LogP contribution in [0, 0.1) is 6.92 Å². The molecule has 0 saturated carbocycles. The van der Waals surface area contributed by atoms with E-state index in [9.17, 15) is 4.79 Å². The predicted octanol–water partition coefficient (Wildman–Crippen LogP) is 5.00. The number of carbonyl (C=O) groups is 1. The highest BCUT2D eigenvalue weighted by atomic mass is 16.2. The van der Waals surface area contributed by atoms with Gasteiger partial charge in [0.25, 0.3) is 5.91 Å². The van der Waals surface area contributed by atoms with Crippen molar-refractivity contribution in [2.45, 2.75) is 32.7 Å². The summed E-state index contributed by atoms with van der Waals surface area (Å²) in [5.74, 6) is 0.0165. The van der Waals surface area contributed by atoms with Crippen LogP contribution in [0.1, 0.15) is 35.7 Å². The SMILES string of the molecule is C=C[C@H](CCC)N(C(=O)c1ccccc1)c1ccc(C)cc1. The van der Waals surface area contributed by atoms with Crippen molar-refractivity contribution in [3.05, 3.63) is 78.4 Å². The van der Waals surface area contributed by atoms with Crippen LogP contribution in [0.15, 0.2) is 67.3 Å². The molecule has 0 N–H and O–H groups in total. The van der Waals surface area contributed by atoms with Gasteiger partial charge in [0.2, 0.25) is 0 Å². The average Bonchev–Trinajstić information content (AvgIpc) is 2.56. The van der Waals surface area contributed by atoms with E-state index in [2.05, 4.69) is 13.5 Å². The van der Waals surface area contributed by atoms with E-state index >= 15 is 0 Å². The first-order valence-electron chi connectivity index (χ1n) is 7.75. The average molecular weight is 293 g/mol. The summed E-state index contributed by atoms with van der Waals surface area (Å²) in [6.45, 7) is 8.09. The zero-order chi connectivity index (χ0) is 15.9. The highest BCUT2D eigenvalue weighted by Gasteiger charge is 2.23. The van der Waals surface area contributed by atoms with Gasteiger partial charge in [0.15, 0.2) is 0 Å². The maximum absolute atomic E-state index is 13.0. The Bertz CT molecular complexity index is 616. The van der Waals surface area contributed by atoms with Crippen molar-refractivity contribution >= 4 is 11.6 Å². The topological polar surface area (TPSA) is 20.3 Å². The normalized spacial score (nSPS) is 11.7. The highest BCUT2D eigenvalue weighted by Crippen LogP contribution is 2.23. The molecule has 0 aromatic heterocycles. The number of benzene rings is 2. The lowest BCUT2D eigenvalue weighted by atomic mass is 10.1. The second-order valence-corrected chi connectivity index (χ2v) is 5.47. The Labute approximate surface area is 133 Å². The summed E-state index contributed by atoms with van der Waals surface area (Å²) in [4.78, 5) is 14.8. The van der Waals surface area contributed by atoms with Crippen molar-refractivity contribution in [3.8, 4) is 0 Å². The van der Waals surface area contributed by atoms with E-state index < -0.39 is 0 Å². The molecule has 1 amide bonds. The number of hydrogen-bond donors (Lipinski definition) is 0. The fourth-order valence-electron chi connectivity index (χ4n) is 2.53. The van der Waals surface area contributed by atoms with Gasteiger partial charge in [-0.25, -0.2) is 0 Å². The van der Waals surface area contributed by atoms with Crippen LogP contribution in [0.25, 0.3) is 0 Å². The van der Waals surface area contributed by atoms with Gasteiger partial charge in [-0.05, 0) is 37.6 Å². The van der Waals surface area contributed by atoms with Gasteiger partial charge in [-0.3, -0.25) is 4.79 Å². The number of carbonyl (C=O) groups excluding carboxylic acids is 1.